The third-order valence-electron chi connectivity index (χ3n) is 6.40. The molecule has 0 bridgehead atoms. The summed E-state index contributed by atoms with van der Waals surface area (Å²) in [4.78, 5) is 15.4. The molecule has 1 saturated heterocycles. The molecule has 0 saturated carbocycles. The van der Waals surface area contributed by atoms with Crippen LogP contribution in [0.3, 0.4) is 0 Å². The second-order valence-corrected chi connectivity index (χ2v) is 10.9. The second-order valence-electron chi connectivity index (χ2n) is 9.22. The summed E-state index contributed by atoms with van der Waals surface area (Å²) in [6, 6.07) is 12.3. The Hall–Kier alpha value is -2.22. The van der Waals surface area contributed by atoms with Gasteiger partial charge in [0.15, 0.2) is 0 Å². The van der Waals surface area contributed by atoms with E-state index in [1.807, 2.05) is 38.1 Å². The molecule has 0 aromatic heterocycles. The average Bonchev–Trinajstić information content (AvgIpc) is 2.75. The van der Waals surface area contributed by atoms with Crippen LogP contribution in [0.25, 0.3) is 0 Å². The van der Waals surface area contributed by atoms with E-state index in [1.54, 1.807) is 18.2 Å². The van der Waals surface area contributed by atoms with Gasteiger partial charge in [0.1, 0.15) is 0 Å². The number of likely N-dealkylation sites (tertiary alicyclic amines) is 1. The van der Waals surface area contributed by atoms with E-state index in [4.69, 9.17) is 0 Å². The molecule has 1 fully saturated rings. The largest absolute Gasteiger partial charge is 0.322 e. The lowest BCUT2D eigenvalue weighted by molar-refractivity contribution is 0.102. The Morgan fingerprint density at radius 2 is 1.72 bits per heavy atom. The summed E-state index contributed by atoms with van der Waals surface area (Å²) >= 11 is 0. The maximum absolute atomic E-state index is 13.0. The van der Waals surface area contributed by atoms with Crippen molar-refractivity contribution in [2.24, 2.45) is 5.92 Å². The van der Waals surface area contributed by atoms with Gasteiger partial charge in [-0.3, -0.25) is 4.79 Å². The summed E-state index contributed by atoms with van der Waals surface area (Å²) in [5, 5.41) is 2.94. The van der Waals surface area contributed by atoms with Crippen LogP contribution in [0.1, 0.15) is 61.0 Å². The fourth-order valence-corrected chi connectivity index (χ4v) is 5.68. The molecule has 1 aliphatic heterocycles. The molecule has 1 heterocycles. The molecule has 0 aliphatic carbocycles. The molecule has 7 heteroatoms. The van der Waals surface area contributed by atoms with Crippen LogP contribution < -0.4 is 10.0 Å². The van der Waals surface area contributed by atoms with Crippen LogP contribution in [0.4, 0.5) is 5.69 Å². The molecule has 6 nitrogen and oxygen atoms in total. The summed E-state index contributed by atoms with van der Waals surface area (Å²) in [6.07, 6.45) is 1.98. The molecule has 174 valence electrons. The number of aryl methyl sites for hydroxylation is 1. The van der Waals surface area contributed by atoms with Crippen LogP contribution in [-0.4, -0.2) is 45.4 Å². The van der Waals surface area contributed by atoms with Gasteiger partial charge in [0.05, 0.1) is 4.90 Å². The fourth-order valence-electron chi connectivity index (χ4n) is 4.28. The van der Waals surface area contributed by atoms with Crippen LogP contribution in [0.2, 0.25) is 0 Å². The lowest BCUT2D eigenvalue weighted by Gasteiger charge is -2.32. The number of sulfonamides is 1. The smallest absolute Gasteiger partial charge is 0.255 e. The van der Waals surface area contributed by atoms with E-state index >= 15 is 0 Å². The van der Waals surface area contributed by atoms with Crippen LogP contribution in [0, 0.1) is 12.8 Å². The number of hydrogen-bond acceptors (Lipinski definition) is 4. The topological polar surface area (TPSA) is 78.5 Å². The normalized spacial score (nSPS) is 16.8. The fraction of sp³-hybridized carbons (Fsp3) is 0.480. The van der Waals surface area contributed by atoms with Crippen molar-refractivity contribution in [1.29, 1.82) is 0 Å². The Morgan fingerprint density at radius 1 is 1.06 bits per heavy atom. The van der Waals surface area contributed by atoms with Gasteiger partial charge in [-0.15, -0.1) is 0 Å². The minimum Gasteiger partial charge on any atom is -0.322 e. The van der Waals surface area contributed by atoms with Crippen molar-refractivity contribution in [3.63, 3.8) is 0 Å². The zero-order valence-corrected chi connectivity index (χ0v) is 20.5. The first kappa shape index (κ1) is 24.4. The molecule has 32 heavy (non-hydrogen) atoms. The van der Waals surface area contributed by atoms with Gasteiger partial charge in [-0.1, -0.05) is 32.0 Å². The summed E-state index contributed by atoms with van der Waals surface area (Å²) in [5.41, 5.74) is 2.92. The van der Waals surface area contributed by atoms with Gasteiger partial charge in [0, 0.05) is 17.3 Å². The van der Waals surface area contributed by atoms with E-state index in [0.29, 0.717) is 22.7 Å². The van der Waals surface area contributed by atoms with Crippen molar-refractivity contribution >= 4 is 21.6 Å². The van der Waals surface area contributed by atoms with Crippen LogP contribution >= 0.6 is 0 Å². The molecule has 0 radical (unpaired) electrons. The molecule has 2 aromatic carbocycles. The first-order valence-electron chi connectivity index (χ1n) is 11.3. The second kappa shape index (κ2) is 10.1. The number of nitrogens with one attached hydrogen (secondary N) is 2. The molecule has 1 unspecified atom stereocenters. The minimum atomic E-state index is -3.64. The molecule has 1 aliphatic rings. The monoisotopic (exact) mass is 457 g/mol. The molecule has 2 N–H and O–H groups in total. The van der Waals surface area contributed by atoms with E-state index < -0.39 is 10.0 Å². The predicted molar refractivity (Wildman–Crippen MR) is 130 cm³/mol. The number of rotatable bonds is 7. The predicted octanol–water partition coefficient (Wildman–Crippen LogP) is 4.38. The number of piperidine rings is 1. The molecular weight excluding hydrogens is 422 g/mol. The Bertz CT molecular complexity index is 1060. The van der Waals surface area contributed by atoms with E-state index in [0.717, 1.165) is 31.5 Å². The standard InChI is InChI=1S/C25H35N3O3S/c1-17(2)22-8-6-7-9-23(22)25(29)26-24-11-10-21(16-18(24)3)32(30,31)27-19(4)20-12-14-28(5)15-13-20/h6-11,16-17,19-20,27H,12-15H2,1-5H3,(H,26,29). The maximum atomic E-state index is 13.0. The van der Waals surface area contributed by atoms with Gasteiger partial charge < -0.3 is 10.2 Å². The highest BCUT2D eigenvalue weighted by molar-refractivity contribution is 7.89. The van der Waals surface area contributed by atoms with Crippen LogP contribution in [-0.2, 0) is 10.0 Å². The first-order chi connectivity index (χ1) is 15.1. The van der Waals surface area contributed by atoms with E-state index in [-0.39, 0.29) is 22.8 Å². The first-order valence-corrected chi connectivity index (χ1v) is 12.8. The van der Waals surface area contributed by atoms with E-state index in [9.17, 15) is 13.2 Å². The number of benzene rings is 2. The summed E-state index contributed by atoms with van der Waals surface area (Å²) in [5.74, 6) is 0.367. The van der Waals surface area contributed by atoms with Crippen LogP contribution in [0.5, 0.6) is 0 Å². The van der Waals surface area contributed by atoms with Gasteiger partial charge in [0.2, 0.25) is 10.0 Å². The third kappa shape index (κ3) is 5.77. The SMILES string of the molecule is Cc1cc(S(=O)(=O)NC(C)C2CCN(C)CC2)ccc1NC(=O)c1ccccc1C(C)C. The van der Waals surface area contributed by atoms with Gasteiger partial charge in [0.25, 0.3) is 5.91 Å². The molecule has 1 amide bonds. The number of carbonyl (C=O) groups is 1. The van der Waals surface area contributed by atoms with Gasteiger partial charge in [-0.25, -0.2) is 13.1 Å². The number of hydrogen-bond donors (Lipinski definition) is 2. The average molecular weight is 458 g/mol. The zero-order chi connectivity index (χ0) is 23.5. The highest BCUT2D eigenvalue weighted by Gasteiger charge is 2.27. The van der Waals surface area contributed by atoms with Crippen molar-refractivity contribution in [1.82, 2.24) is 9.62 Å². The quantitative estimate of drug-likeness (QED) is 0.647. The summed E-state index contributed by atoms with van der Waals surface area (Å²) in [6.45, 7) is 9.84. The van der Waals surface area contributed by atoms with Gasteiger partial charge in [-0.2, -0.15) is 0 Å². The molecule has 0 spiro atoms. The Balaban J connectivity index is 1.72. The number of amides is 1. The van der Waals surface area contributed by atoms with Gasteiger partial charge in [-0.05, 0) is 94.1 Å². The third-order valence-corrected chi connectivity index (χ3v) is 7.95. The lowest BCUT2D eigenvalue weighted by atomic mass is 9.91. The number of nitrogens with zero attached hydrogens (tertiary/aromatic N) is 1. The Morgan fingerprint density at radius 3 is 2.34 bits per heavy atom. The molecule has 3 rings (SSSR count). The summed E-state index contributed by atoms with van der Waals surface area (Å²) in [7, 11) is -1.54. The number of carbonyl (C=O) groups excluding carboxylic acids is 1. The van der Waals surface area contributed by atoms with Crippen molar-refractivity contribution in [2.45, 2.75) is 57.4 Å². The maximum Gasteiger partial charge on any atom is 0.255 e. The van der Waals surface area contributed by atoms with Crippen molar-refractivity contribution in [3.8, 4) is 0 Å². The Kier molecular flexibility index (Phi) is 7.75. The Labute approximate surface area is 192 Å². The highest BCUT2D eigenvalue weighted by Crippen LogP contribution is 2.25. The minimum absolute atomic E-state index is 0.124. The highest BCUT2D eigenvalue weighted by atomic mass is 32.2. The van der Waals surface area contributed by atoms with Gasteiger partial charge >= 0.3 is 0 Å². The summed E-state index contributed by atoms with van der Waals surface area (Å²) < 4.78 is 28.8. The van der Waals surface area contributed by atoms with Crippen LogP contribution in [0.15, 0.2) is 47.4 Å². The van der Waals surface area contributed by atoms with Crippen molar-refractivity contribution in [3.05, 3.63) is 59.2 Å². The molecular formula is C25H35N3O3S. The van der Waals surface area contributed by atoms with Crippen molar-refractivity contribution < 1.29 is 13.2 Å². The molecule has 2 aromatic rings. The zero-order valence-electron chi connectivity index (χ0n) is 19.7. The van der Waals surface area contributed by atoms with E-state index in [1.165, 1.54) is 0 Å². The molecule has 1 atom stereocenters. The number of anilines is 1. The lowest BCUT2D eigenvalue weighted by Crippen LogP contribution is -2.42. The van der Waals surface area contributed by atoms with E-state index in [2.05, 4.69) is 35.8 Å². The van der Waals surface area contributed by atoms with Crippen molar-refractivity contribution in [2.75, 3.05) is 25.5 Å².